The molecule has 2 aromatic rings. The molecule has 0 bridgehead atoms. The number of hydrogen-bond donors (Lipinski definition) is 7. The summed E-state index contributed by atoms with van der Waals surface area (Å²) in [6.45, 7) is 3.75. The molecule has 14 heteroatoms. The molecule has 0 aromatic heterocycles. The molecular weight excluding hydrogens is 668 g/mol. The fraction of sp³-hybridized carbons (Fsp3) is 0.500. The molecule has 0 spiro atoms. The molecule has 52 heavy (non-hydrogen) atoms. The van der Waals surface area contributed by atoms with E-state index in [0.29, 0.717) is 38.5 Å². The number of nitrogens with two attached hydrogens (primary N) is 2. The Kier molecular flexibility index (Phi) is 19.2. The van der Waals surface area contributed by atoms with E-state index in [4.69, 9.17) is 11.5 Å². The van der Waals surface area contributed by atoms with Crippen LogP contribution in [0.2, 0.25) is 0 Å². The number of aryl methyl sites for hydroxylation is 1. The Morgan fingerprint density at radius 2 is 1.17 bits per heavy atom. The number of carbonyl (C=O) groups excluding carboxylic acids is 6. The van der Waals surface area contributed by atoms with Crippen LogP contribution in [0.1, 0.15) is 89.2 Å². The van der Waals surface area contributed by atoms with Crippen LogP contribution in [0, 0.1) is 5.92 Å². The van der Waals surface area contributed by atoms with Gasteiger partial charge in [-0.25, -0.2) is 4.79 Å². The Labute approximate surface area is 305 Å². The first-order chi connectivity index (χ1) is 24.8. The first kappa shape index (κ1) is 42.9. The van der Waals surface area contributed by atoms with Crippen LogP contribution in [0.5, 0.6) is 0 Å². The first-order valence-electron chi connectivity index (χ1n) is 17.9. The third-order valence-corrected chi connectivity index (χ3v) is 8.80. The highest BCUT2D eigenvalue weighted by atomic mass is 16.4. The topological polar surface area (TPSA) is 240 Å². The molecule has 2 rings (SSSR count). The smallest absolute Gasteiger partial charge is 0.326 e. The standard InChI is InChI=1S/C38H54N6O8/c1-3-25(2)34(37(50)43-29(35(40)48)23-27-17-11-8-12-18-27)44-33(47)20-14-6-4-5-13-19-32(46)41-30(24-31(39)45)36(49)42-28(38(51)52)22-21-26-15-9-7-10-16-26/h7-12,15-18,25,28-30,34H,3-6,13-14,19-24H2,1-2H3,(H2,39,45)(H2,40,48)(H,41,46)(H,42,49)(H,43,50)(H,44,47)(H,51,52)/t25-,28+,29+,30+,34+/m1/s1. The monoisotopic (exact) mass is 722 g/mol. The predicted molar refractivity (Wildman–Crippen MR) is 195 cm³/mol. The number of hydrogen-bond acceptors (Lipinski definition) is 7. The summed E-state index contributed by atoms with van der Waals surface area (Å²) in [5.74, 6) is -4.96. The summed E-state index contributed by atoms with van der Waals surface area (Å²) >= 11 is 0. The molecule has 0 aliphatic carbocycles. The van der Waals surface area contributed by atoms with Gasteiger partial charge in [0.25, 0.3) is 0 Å². The van der Waals surface area contributed by atoms with Crippen molar-refractivity contribution in [3.63, 3.8) is 0 Å². The third kappa shape index (κ3) is 16.6. The second-order valence-corrected chi connectivity index (χ2v) is 13.1. The molecule has 284 valence electrons. The molecule has 9 N–H and O–H groups in total. The van der Waals surface area contributed by atoms with Crippen molar-refractivity contribution in [3.8, 4) is 0 Å². The Bertz CT molecular complexity index is 1470. The number of amides is 6. The largest absolute Gasteiger partial charge is 0.480 e. The van der Waals surface area contributed by atoms with Crippen LogP contribution in [-0.2, 0) is 46.4 Å². The lowest BCUT2D eigenvalue weighted by Crippen LogP contribution is -2.55. The van der Waals surface area contributed by atoms with Gasteiger partial charge in [-0.15, -0.1) is 0 Å². The second-order valence-electron chi connectivity index (χ2n) is 13.1. The van der Waals surface area contributed by atoms with Gasteiger partial charge in [0.2, 0.25) is 35.4 Å². The van der Waals surface area contributed by atoms with Gasteiger partial charge < -0.3 is 37.8 Å². The Hall–Kier alpha value is -5.27. The van der Waals surface area contributed by atoms with Crippen molar-refractivity contribution >= 4 is 41.4 Å². The van der Waals surface area contributed by atoms with E-state index in [9.17, 15) is 38.7 Å². The Morgan fingerprint density at radius 3 is 1.69 bits per heavy atom. The van der Waals surface area contributed by atoms with Gasteiger partial charge in [0.1, 0.15) is 24.2 Å². The van der Waals surface area contributed by atoms with Gasteiger partial charge in [-0.1, -0.05) is 100 Å². The van der Waals surface area contributed by atoms with Gasteiger partial charge in [0, 0.05) is 19.3 Å². The highest BCUT2D eigenvalue weighted by Gasteiger charge is 2.30. The number of primary amides is 2. The molecule has 0 saturated carbocycles. The fourth-order valence-electron chi connectivity index (χ4n) is 5.55. The molecule has 0 radical (unpaired) electrons. The van der Waals surface area contributed by atoms with Crippen molar-refractivity contribution in [1.29, 1.82) is 0 Å². The van der Waals surface area contributed by atoms with Crippen molar-refractivity contribution in [2.24, 2.45) is 17.4 Å². The average Bonchev–Trinajstić information content (AvgIpc) is 3.11. The lowest BCUT2D eigenvalue weighted by atomic mass is 9.97. The van der Waals surface area contributed by atoms with E-state index < -0.39 is 66.1 Å². The third-order valence-electron chi connectivity index (χ3n) is 8.80. The summed E-state index contributed by atoms with van der Waals surface area (Å²) < 4.78 is 0. The number of carboxylic acid groups (broad SMARTS) is 1. The van der Waals surface area contributed by atoms with Crippen LogP contribution >= 0.6 is 0 Å². The number of unbranched alkanes of at least 4 members (excludes halogenated alkanes) is 4. The van der Waals surface area contributed by atoms with Crippen molar-refractivity contribution in [3.05, 3.63) is 71.8 Å². The minimum atomic E-state index is -1.31. The molecule has 0 fully saturated rings. The maximum atomic E-state index is 13.2. The summed E-state index contributed by atoms with van der Waals surface area (Å²) in [7, 11) is 0. The lowest BCUT2D eigenvalue weighted by molar-refractivity contribution is -0.142. The maximum absolute atomic E-state index is 13.2. The zero-order chi connectivity index (χ0) is 38.5. The van der Waals surface area contributed by atoms with Crippen LogP contribution in [0.3, 0.4) is 0 Å². The van der Waals surface area contributed by atoms with Crippen molar-refractivity contribution < 1.29 is 38.7 Å². The summed E-state index contributed by atoms with van der Waals surface area (Å²) in [5.41, 5.74) is 12.6. The van der Waals surface area contributed by atoms with E-state index in [2.05, 4.69) is 21.3 Å². The van der Waals surface area contributed by atoms with Gasteiger partial charge in [0.15, 0.2) is 0 Å². The van der Waals surface area contributed by atoms with E-state index in [1.165, 1.54) is 0 Å². The summed E-state index contributed by atoms with van der Waals surface area (Å²) in [5, 5.41) is 20.0. The number of aliphatic carboxylic acids is 1. The van der Waals surface area contributed by atoms with E-state index in [1.54, 1.807) is 0 Å². The van der Waals surface area contributed by atoms with Crippen LogP contribution in [0.25, 0.3) is 0 Å². The fourth-order valence-corrected chi connectivity index (χ4v) is 5.55. The van der Waals surface area contributed by atoms with Gasteiger partial charge in [-0.3, -0.25) is 28.8 Å². The predicted octanol–water partition coefficient (Wildman–Crippen LogP) is 2.02. The molecule has 0 aliphatic rings. The Balaban J connectivity index is 1.76. The normalized spacial score (nSPS) is 13.7. The van der Waals surface area contributed by atoms with E-state index in [-0.39, 0.29) is 37.5 Å². The van der Waals surface area contributed by atoms with Gasteiger partial charge in [-0.2, -0.15) is 0 Å². The van der Waals surface area contributed by atoms with Crippen LogP contribution < -0.4 is 32.7 Å². The molecule has 0 unspecified atom stereocenters. The molecule has 2 aromatic carbocycles. The van der Waals surface area contributed by atoms with E-state index >= 15 is 0 Å². The highest BCUT2D eigenvalue weighted by Crippen LogP contribution is 2.13. The van der Waals surface area contributed by atoms with Crippen LogP contribution in [0.15, 0.2) is 60.7 Å². The van der Waals surface area contributed by atoms with Crippen LogP contribution in [0.4, 0.5) is 0 Å². The van der Waals surface area contributed by atoms with Gasteiger partial charge in [-0.05, 0) is 42.7 Å². The number of nitrogens with one attached hydrogen (secondary N) is 4. The minimum absolute atomic E-state index is 0.0711. The highest BCUT2D eigenvalue weighted by molar-refractivity contribution is 5.94. The number of carbonyl (C=O) groups is 7. The van der Waals surface area contributed by atoms with Crippen molar-refractivity contribution in [1.82, 2.24) is 21.3 Å². The maximum Gasteiger partial charge on any atom is 0.326 e. The number of carboxylic acids is 1. The molecule has 5 atom stereocenters. The van der Waals surface area contributed by atoms with Crippen molar-refractivity contribution in [2.75, 3.05) is 0 Å². The second kappa shape index (κ2) is 23.3. The molecular formula is C38H54N6O8. The SMILES string of the molecule is CC[C@@H](C)[C@H](NC(=O)CCCCCCCC(=O)N[C@@H](CC(N)=O)C(=O)N[C@@H](CCc1ccccc1)C(=O)O)C(=O)N[C@@H](Cc1ccccc1)C(N)=O. The zero-order valence-electron chi connectivity index (χ0n) is 30.1. The molecule has 6 amide bonds. The first-order valence-corrected chi connectivity index (χ1v) is 17.9. The molecule has 0 heterocycles. The number of rotatable bonds is 25. The molecule has 0 aliphatic heterocycles. The van der Waals surface area contributed by atoms with E-state index in [0.717, 1.165) is 17.5 Å². The summed E-state index contributed by atoms with van der Waals surface area (Å²) in [6.07, 6.45) is 4.28. The Morgan fingerprint density at radius 1 is 0.654 bits per heavy atom. The zero-order valence-corrected chi connectivity index (χ0v) is 30.1. The molecule has 0 saturated heterocycles. The van der Waals surface area contributed by atoms with Crippen molar-refractivity contribution in [2.45, 2.75) is 115 Å². The summed E-state index contributed by atoms with van der Waals surface area (Å²) in [4.78, 5) is 86.9. The quantitative estimate of drug-likeness (QED) is 0.0747. The number of benzene rings is 2. The van der Waals surface area contributed by atoms with Gasteiger partial charge >= 0.3 is 5.97 Å². The van der Waals surface area contributed by atoms with Gasteiger partial charge in [0.05, 0.1) is 6.42 Å². The lowest BCUT2D eigenvalue weighted by Gasteiger charge is -2.26. The van der Waals surface area contributed by atoms with Crippen LogP contribution in [-0.4, -0.2) is 70.7 Å². The average molecular weight is 723 g/mol. The summed E-state index contributed by atoms with van der Waals surface area (Å²) in [6, 6.07) is 14.1. The van der Waals surface area contributed by atoms with E-state index in [1.807, 2.05) is 74.5 Å². The molecule has 14 nitrogen and oxygen atoms in total. The minimum Gasteiger partial charge on any atom is -0.480 e.